The molecule has 7 heteroatoms. The lowest BCUT2D eigenvalue weighted by Gasteiger charge is -2.31. The second-order valence-corrected chi connectivity index (χ2v) is 5.17. The molecule has 6 nitrogen and oxygen atoms in total. The van der Waals surface area contributed by atoms with E-state index in [2.05, 4.69) is 20.9 Å². The molecule has 98 valence electrons. The standard InChI is InChI=1S/C11H14BrN3O3/c1-7-9(15(17)18)6-13-11(10(7)12)14-4-2-8(16)3-5-14/h6,8,16H,2-5H2,1H3. The minimum Gasteiger partial charge on any atom is -0.393 e. The minimum atomic E-state index is -0.434. The van der Waals surface area contributed by atoms with Crippen LogP contribution in [0.1, 0.15) is 18.4 Å². The molecule has 2 rings (SSSR count). The summed E-state index contributed by atoms with van der Waals surface area (Å²) < 4.78 is 0.660. The van der Waals surface area contributed by atoms with Gasteiger partial charge < -0.3 is 10.0 Å². The largest absolute Gasteiger partial charge is 0.393 e. The average molecular weight is 316 g/mol. The van der Waals surface area contributed by atoms with E-state index in [1.54, 1.807) is 6.92 Å². The van der Waals surface area contributed by atoms with Crippen LogP contribution in [0.25, 0.3) is 0 Å². The van der Waals surface area contributed by atoms with Crippen molar-refractivity contribution in [3.05, 3.63) is 26.3 Å². The zero-order valence-corrected chi connectivity index (χ0v) is 11.6. The SMILES string of the molecule is Cc1c([N+](=O)[O-])cnc(N2CCC(O)CC2)c1Br. The maximum absolute atomic E-state index is 10.8. The van der Waals surface area contributed by atoms with Gasteiger partial charge in [-0.2, -0.15) is 0 Å². The van der Waals surface area contributed by atoms with Crippen LogP contribution in [0.15, 0.2) is 10.7 Å². The number of hydrogen-bond donors (Lipinski definition) is 1. The van der Waals surface area contributed by atoms with E-state index in [0.29, 0.717) is 41.8 Å². The Morgan fingerprint density at radius 1 is 1.56 bits per heavy atom. The number of aliphatic hydroxyl groups is 1. The molecule has 0 spiro atoms. The van der Waals surface area contributed by atoms with Crippen LogP contribution in [0.2, 0.25) is 0 Å². The van der Waals surface area contributed by atoms with Crippen LogP contribution in [0.4, 0.5) is 11.5 Å². The molecular formula is C11H14BrN3O3. The van der Waals surface area contributed by atoms with Crippen molar-refractivity contribution in [2.24, 2.45) is 0 Å². The fourth-order valence-electron chi connectivity index (χ4n) is 2.04. The smallest absolute Gasteiger partial charge is 0.291 e. The molecule has 18 heavy (non-hydrogen) atoms. The quantitative estimate of drug-likeness (QED) is 0.667. The Bertz CT molecular complexity index is 473. The topological polar surface area (TPSA) is 79.5 Å². The van der Waals surface area contributed by atoms with Crippen molar-refractivity contribution in [3.8, 4) is 0 Å². The van der Waals surface area contributed by atoms with Crippen molar-refractivity contribution in [3.63, 3.8) is 0 Å². The van der Waals surface area contributed by atoms with Gasteiger partial charge in [0.05, 0.1) is 15.5 Å². The van der Waals surface area contributed by atoms with E-state index in [9.17, 15) is 15.2 Å². The Labute approximate surface area is 113 Å². The summed E-state index contributed by atoms with van der Waals surface area (Å²) in [4.78, 5) is 16.6. The summed E-state index contributed by atoms with van der Waals surface area (Å²) in [5.74, 6) is 0.713. The summed E-state index contributed by atoms with van der Waals surface area (Å²) in [6.45, 7) is 3.13. The molecule has 1 aliphatic rings. The molecular weight excluding hydrogens is 302 g/mol. The van der Waals surface area contributed by atoms with Gasteiger partial charge in [0.25, 0.3) is 5.69 Å². The minimum absolute atomic E-state index is 0.0164. The lowest BCUT2D eigenvalue weighted by molar-refractivity contribution is -0.385. The number of aromatic nitrogens is 1. The van der Waals surface area contributed by atoms with Crippen molar-refractivity contribution in [2.75, 3.05) is 18.0 Å². The number of halogens is 1. The number of nitro groups is 1. The molecule has 1 N–H and O–H groups in total. The number of pyridine rings is 1. The number of aliphatic hydroxyl groups excluding tert-OH is 1. The van der Waals surface area contributed by atoms with Gasteiger partial charge >= 0.3 is 0 Å². The third-order valence-corrected chi connectivity index (χ3v) is 4.13. The highest BCUT2D eigenvalue weighted by atomic mass is 79.9. The van der Waals surface area contributed by atoms with E-state index in [1.807, 2.05) is 4.90 Å². The molecule has 0 atom stereocenters. The Morgan fingerprint density at radius 3 is 2.72 bits per heavy atom. The number of piperidine rings is 1. The first-order valence-corrected chi connectivity index (χ1v) is 6.52. The molecule has 1 fully saturated rings. The van der Waals surface area contributed by atoms with E-state index in [1.165, 1.54) is 6.20 Å². The molecule has 0 radical (unpaired) electrons. The van der Waals surface area contributed by atoms with Gasteiger partial charge in [-0.1, -0.05) is 0 Å². The third kappa shape index (κ3) is 2.46. The van der Waals surface area contributed by atoms with Crippen molar-refractivity contribution in [1.82, 2.24) is 4.98 Å². The van der Waals surface area contributed by atoms with Crippen LogP contribution < -0.4 is 4.90 Å². The third-order valence-electron chi connectivity index (χ3n) is 3.18. The van der Waals surface area contributed by atoms with Gasteiger partial charge in [0.1, 0.15) is 12.0 Å². The van der Waals surface area contributed by atoms with Gasteiger partial charge in [0.15, 0.2) is 0 Å². The van der Waals surface area contributed by atoms with Crippen LogP contribution in [-0.2, 0) is 0 Å². The lowest BCUT2D eigenvalue weighted by Crippen LogP contribution is -2.36. The fourth-order valence-corrected chi connectivity index (χ4v) is 2.59. The molecule has 0 unspecified atom stereocenters. The van der Waals surface area contributed by atoms with Crippen molar-refractivity contribution in [1.29, 1.82) is 0 Å². The van der Waals surface area contributed by atoms with Crippen LogP contribution in [0.3, 0.4) is 0 Å². The number of anilines is 1. The van der Waals surface area contributed by atoms with Gasteiger partial charge in [-0.05, 0) is 35.7 Å². The Morgan fingerprint density at radius 2 is 2.17 bits per heavy atom. The molecule has 1 aromatic rings. The van der Waals surface area contributed by atoms with E-state index in [0.717, 1.165) is 0 Å². The summed E-state index contributed by atoms with van der Waals surface area (Å²) in [5, 5.41) is 20.3. The first kappa shape index (κ1) is 13.2. The summed E-state index contributed by atoms with van der Waals surface area (Å²) in [6.07, 6.45) is 2.44. The highest BCUT2D eigenvalue weighted by molar-refractivity contribution is 9.10. The molecule has 1 aromatic heterocycles. The summed E-state index contributed by atoms with van der Waals surface area (Å²) in [5.41, 5.74) is 0.596. The number of nitrogens with zero attached hydrogens (tertiary/aromatic N) is 3. The van der Waals surface area contributed by atoms with Crippen molar-refractivity contribution in [2.45, 2.75) is 25.9 Å². The highest BCUT2D eigenvalue weighted by Gasteiger charge is 2.23. The Balaban J connectivity index is 2.30. The van der Waals surface area contributed by atoms with Crippen LogP contribution >= 0.6 is 15.9 Å². The van der Waals surface area contributed by atoms with Gasteiger partial charge in [0, 0.05) is 18.7 Å². The summed E-state index contributed by atoms with van der Waals surface area (Å²) in [7, 11) is 0. The Hall–Kier alpha value is -1.21. The van der Waals surface area contributed by atoms with Crippen LogP contribution in [0, 0.1) is 17.0 Å². The second-order valence-electron chi connectivity index (χ2n) is 4.38. The first-order chi connectivity index (χ1) is 8.50. The van der Waals surface area contributed by atoms with E-state index >= 15 is 0 Å². The summed E-state index contributed by atoms with van der Waals surface area (Å²) >= 11 is 3.38. The maximum Gasteiger partial charge on any atom is 0.291 e. The van der Waals surface area contributed by atoms with Gasteiger partial charge in [-0.25, -0.2) is 4.98 Å². The number of hydrogen-bond acceptors (Lipinski definition) is 5. The molecule has 0 aliphatic carbocycles. The molecule has 0 saturated carbocycles. The predicted molar refractivity (Wildman–Crippen MR) is 70.8 cm³/mol. The van der Waals surface area contributed by atoms with Gasteiger partial charge in [-0.15, -0.1) is 0 Å². The average Bonchev–Trinajstić information content (AvgIpc) is 2.33. The van der Waals surface area contributed by atoms with Crippen molar-refractivity contribution >= 4 is 27.4 Å². The van der Waals surface area contributed by atoms with E-state index in [-0.39, 0.29) is 11.8 Å². The second kappa shape index (κ2) is 5.19. The van der Waals surface area contributed by atoms with Crippen LogP contribution in [-0.4, -0.2) is 34.2 Å². The van der Waals surface area contributed by atoms with Crippen LogP contribution in [0.5, 0.6) is 0 Å². The van der Waals surface area contributed by atoms with E-state index in [4.69, 9.17) is 0 Å². The zero-order chi connectivity index (χ0) is 13.3. The predicted octanol–water partition coefficient (Wildman–Crippen LogP) is 2.02. The van der Waals surface area contributed by atoms with E-state index < -0.39 is 4.92 Å². The first-order valence-electron chi connectivity index (χ1n) is 5.73. The van der Waals surface area contributed by atoms with Gasteiger partial charge in [-0.3, -0.25) is 10.1 Å². The molecule has 1 saturated heterocycles. The monoisotopic (exact) mass is 315 g/mol. The zero-order valence-electron chi connectivity index (χ0n) is 9.97. The number of rotatable bonds is 2. The molecule has 1 aliphatic heterocycles. The molecule has 0 bridgehead atoms. The summed E-state index contributed by atoms with van der Waals surface area (Å²) in [6, 6.07) is 0. The lowest BCUT2D eigenvalue weighted by atomic mass is 10.1. The fraction of sp³-hybridized carbons (Fsp3) is 0.545. The van der Waals surface area contributed by atoms with Crippen molar-refractivity contribution < 1.29 is 10.0 Å². The maximum atomic E-state index is 10.8. The van der Waals surface area contributed by atoms with Gasteiger partial charge in [0.2, 0.25) is 0 Å². The molecule has 2 heterocycles. The molecule has 0 amide bonds. The molecule has 0 aromatic carbocycles. The normalized spacial score (nSPS) is 16.9. The highest BCUT2D eigenvalue weighted by Crippen LogP contribution is 2.33. The Kier molecular flexibility index (Phi) is 3.82.